The summed E-state index contributed by atoms with van der Waals surface area (Å²) in [5.41, 5.74) is 0.943. The average Bonchev–Trinajstić information content (AvgIpc) is 2.54. The third-order valence-corrected chi connectivity index (χ3v) is 6.27. The van der Waals surface area contributed by atoms with Crippen molar-refractivity contribution in [3.05, 3.63) is 63.1 Å². The molecule has 2 rings (SSSR count). The van der Waals surface area contributed by atoms with E-state index in [9.17, 15) is 13.2 Å². The minimum absolute atomic E-state index is 0.00782. The van der Waals surface area contributed by atoms with E-state index in [1.54, 1.807) is 24.3 Å². The number of rotatable bonds is 5. The summed E-state index contributed by atoms with van der Waals surface area (Å²) in [6.45, 7) is 0.0713. The van der Waals surface area contributed by atoms with Gasteiger partial charge in [0.15, 0.2) is 0 Å². The smallest absolute Gasteiger partial charge is 0.338 e. The van der Waals surface area contributed by atoms with Crippen molar-refractivity contribution in [3.63, 3.8) is 0 Å². The van der Waals surface area contributed by atoms with Gasteiger partial charge in [0.25, 0.3) is 0 Å². The Bertz CT molecular complexity index is 851. The second-order valence-corrected chi connectivity index (χ2v) is 8.55. The van der Waals surface area contributed by atoms with Crippen molar-refractivity contribution in [2.24, 2.45) is 0 Å². The molecule has 0 aromatic heterocycles. The highest BCUT2D eigenvalue weighted by atomic mass is 79.9. The van der Waals surface area contributed by atoms with Crippen molar-refractivity contribution >= 4 is 43.5 Å². The summed E-state index contributed by atoms with van der Waals surface area (Å²) in [6.07, 6.45) is 0. The zero-order valence-corrected chi connectivity index (χ0v) is 16.2. The standard InChI is InChI=1S/C16H15BrClNO4S/c1-19(2)24(21,22)15-9-12(5-8-14(15)17)16(20)23-10-11-3-6-13(18)7-4-11/h3-9H,10H2,1-2H3. The highest BCUT2D eigenvalue weighted by Crippen LogP contribution is 2.25. The van der Waals surface area contributed by atoms with E-state index in [2.05, 4.69) is 15.9 Å². The van der Waals surface area contributed by atoms with E-state index in [1.807, 2.05) is 0 Å². The first-order valence-electron chi connectivity index (χ1n) is 6.85. The van der Waals surface area contributed by atoms with Crippen LogP contribution in [0, 0.1) is 0 Å². The number of ether oxygens (including phenoxy) is 1. The van der Waals surface area contributed by atoms with E-state index in [0.717, 1.165) is 9.87 Å². The van der Waals surface area contributed by atoms with Crippen LogP contribution in [-0.4, -0.2) is 32.8 Å². The van der Waals surface area contributed by atoms with Gasteiger partial charge in [0.2, 0.25) is 10.0 Å². The Morgan fingerprint density at radius 1 is 1.17 bits per heavy atom. The zero-order valence-electron chi connectivity index (χ0n) is 13.0. The van der Waals surface area contributed by atoms with Gasteiger partial charge in [-0.2, -0.15) is 0 Å². The molecule has 0 aliphatic carbocycles. The van der Waals surface area contributed by atoms with E-state index in [1.165, 1.54) is 32.3 Å². The number of carbonyl (C=O) groups is 1. The van der Waals surface area contributed by atoms with Gasteiger partial charge in [-0.3, -0.25) is 0 Å². The highest BCUT2D eigenvalue weighted by molar-refractivity contribution is 9.10. The average molecular weight is 433 g/mol. The van der Waals surface area contributed by atoms with Gasteiger partial charge < -0.3 is 4.74 Å². The van der Waals surface area contributed by atoms with Crippen LogP contribution in [0.25, 0.3) is 0 Å². The molecular weight excluding hydrogens is 418 g/mol. The molecule has 0 amide bonds. The van der Waals surface area contributed by atoms with Crippen LogP contribution in [0.3, 0.4) is 0 Å². The quantitative estimate of drug-likeness (QED) is 0.676. The Kier molecular flexibility index (Phi) is 6.03. The number of nitrogens with zero attached hydrogens (tertiary/aromatic N) is 1. The lowest BCUT2D eigenvalue weighted by molar-refractivity contribution is 0.0472. The fourth-order valence-corrected chi connectivity index (χ4v) is 3.81. The molecule has 0 aliphatic rings. The maximum absolute atomic E-state index is 12.3. The van der Waals surface area contributed by atoms with E-state index in [0.29, 0.717) is 9.50 Å². The molecule has 0 radical (unpaired) electrons. The first-order valence-corrected chi connectivity index (χ1v) is 9.46. The molecule has 5 nitrogen and oxygen atoms in total. The fourth-order valence-electron chi connectivity index (χ4n) is 1.84. The lowest BCUT2D eigenvalue weighted by Gasteiger charge is -2.14. The molecule has 0 unspecified atom stereocenters. The summed E-state index contributed by atoms with van der Waals surface area (Å²) < 4.78 is 31.2. The number of sulfonamides is 1. The highest BCUT2D eigenvalue weighted by Gasteiger charge is 2.22. The van der Waals surface area contributed by atoms with Crippen LogP contribution >= 0.6 is 27.5 Å². The minimum Gasteiger partial charge on any atom is -0.457 e. The molecule has 0 fully saturated rings. The molecule has 0 spiro atoms. The van der Waals surface area contributed by atoms with Crippen molar-refractivity contribution in [1.82, 2.24) is 4.31 Å². The van der Waals surface area contributed by atoms with E-state index in [-0.39, 0.29) is 17.1 Å². The number of hydrogen-bond donors (Lipinski definition) is 0. The SMILES string of the molecule is CN(C)S(=O)(=O)c1cc(C(=O)OCc2ccc(Cl)cc2)ccc1Br. The number of benzene rings is 2. The summed E-state index contributed by atoms with van der Waals surface area (Å²) in [5.74, 6) is -0.604. The Morgan fingerprint density at radius 2 is 1.79 bits per heavy atom. The number of halogens is 2. The zero-order chi connectivity index (χ0) is 17.9. The van der Waals surface area contributed by atoms with Gasteiger partial charge in [-0.05, 0) is 51.8 Å². The maximum Gasteiger partial charge on any atom is 0.338 e. The largest absolute Gasteiger partial charge is 0.457 e. The summed E-state index contributed by atoms with van der Waals surface area (Å²) in [4.78, 5) is 12.2. The molecule has 0 atom stereocenters. The second kappa shape index (κ2) is 7.65. The van der Waals surface area contributed by atoms with Crippen molar-refractivity contribution in [3.8, 4) is 0 Å². The first kappa shape index (κ1) is 18.9. The molecule has 2 aromatic rings. The summed E-state index contributed by atoms with van der Waals surface area (Å²) >= 11 is 8.99. The molecule has 0 bridgehead atoms. The number of carbonyl (C=O) groups excluding carboxylic acids is 1. The minimum atomic E-state index is -3.67. The number of esters is 1. The van der Waals surface area contributed by atoms with Crippen molar-refractivity contribution in [2.45, 2.75) is 11.5 Å². The van der Waals surface area contributed by atoms with Crippen LogP contribution in [0.4, 0.5) is 0 Å². The van der Waals surface area contributed by atoms with Crippen molar-refractivity contribution in [2.75, 3.05) is 14.1 Å². The van der Waals surface area contributed by atoms with Crippen LogP contribution in [-0.2, 0) is 21.4 Å². The lowest BCUT2D eigenvalue weighted by Crippen LogP contribution is -2.23. The van der Waals surface area contributed by atoms with Crippen LogP contribution in [0.1, 0.15) is 15.9 Å². The molecular formula is C16H15BrClNO4S. The molecule has 8 heteroatoms. The fraction of sp³-hybridized carbons (Fsp3) is 0.188. The van der Waals surface area contributed by atoms with Gasteiger partial charge in [-0.1, -0.05) is 23.7 Å². The van der Waals surface area contributed by atoms with Crippen LogP contribution < -0.4 is 0 Å². The van der Waals surface area contributed by atoms with Gasteiger partial charge >= 0.3 is 5.97 Å². The summed E-state index contributed by atoms with van der Waals surface area (Å²) in [5, 5.41) is 0.594. The number of hydrogen-bond acceptors (Lipinski definition) is 4. The molecule has 0 heterocycles. The maximum atomic E-state index is 12.3. The van der Waals surface area contributed by atoms with Gasteiger partial charge in [-0.15, -0.1) is 0 Å². The van der Waals surface area contributed by atoms with Gasteiger partial charge in [0.1, 0.15) is 6.61 Å². The molecule has 24 heavy (non-hydrogen) atoms. The molecule has 0 N–H and O–H groups in total. The molecule has 0 saturated heterocycles. The van der Waals surface area contributed by atoms with Crippen LogP contribution in [0.2, 0.25) is 5.02 Å². The summed E-state index contributed by atoms with van der Waals surface area (Å²) in [7, 11) is -0.824. The molecule has 0 aliphatic heterocycles. The Labute approximate surface area is 154 Å². The van der Waals surface area contributed by atoms with E-state index >= 15 is 0 Å². The monoisotopic (exact) mass is 431 g/mol. The van der Waals surface area contributed by atoms with E-state index < -0.39 is 16.0 Å². The topological polar surface area (TPSA) is 63.7 Å². The normalized spacial score (nSPS) is 11.5. The van der Waals surface area contributed by atoms with Crippen LogP contribution in [0.15, 0.2) is 51.8 Å². The third kappa shape index (κ3) is 4.36. The van der Waals surface area contributed by atoms with Gasteiger partial charge in [-0.25, -0.2) is 17.5 Å². The van der Waals surface area contributed by atoms with Gasteiger partial charge in [0, 0.05) is 23.6 Å². The molecule has 128 valence electrons. The van der Waals surface area contributed by atoms with E-state index in [4.69, 9.17) is 16.3 Å². The Morgan fingerprint density at radius 3 is 2.38 bits per heavy atom. The third-order valence-electron chi connectivity index (χ3n) is 3.21. The Balaban J connectivity index is 2.20. The summed E-state index contributed by atoms with van der Waals surface area (Å²) in [6, 6.07) is 11.2. The Hall–Kier alpha value is -1.41. The lowest BCUT2D eigenvalue weighted by atomic mass is 10.2. The molecule has 0 saturated carbocycles. The van der Waals surface area contributed by atoms with Gasteiger partial charge in [0.05, 0.1) is 10.5 Å². The predicted molar refractivity (Wildman–Crippen MR) is 95.6 cm³/mol. The van der Waals surface area contributed by atoms with Crippen molar-refractivity contribution < 1.29 is 17.9 Å². The van der Waals surface area contributed by atoms with Crippen molar-refractivity contribution in [1.29, 1.82) is 0 Å². The molecule has 2 aromatic carbocycles. The predicted octanol–water partition coefficient (Wildman–Crippen LogP) is 3.71. The first-order chi connectivity index (χ1) is 11.2. The van der Waals surface area contributed by atoms with Crippen LogP contribution in [0.5, 0.6) is 0 Å². The second-order valence-electron chi connectivity index (χ2n) is 5.14.